The molecule has 0 aliphatic carbocycles. The Morgan fingerprint density at radius 3 is 2.38 bits per heavy atom. The SMILES string of the molecule is COc1cc(C(=O)Oc2cccc(/C=N/NC(=O)Cc3cccs3)c2)cc(OC)c1OC. The van der Waals surface area contributed by atoms with E-state index in [1.165, 1.54) is 51.0 Å². The number of esters is 1. The number of carbonyl (C=O) groups excluding carboxylic acids is 2. The summed E-state index contributed by atoms with van der Waals surface area (Å²) < 4.78 is 21.3. The number of methoxy groups -OCH3 is 3. The van der Waals surface area contributed by atoms with E-state index >= 15 is 0 Å². The number of nitrogens with one attached hydrogen (secondary N) is 1. The van der Waals surface area contributed by atoms with Gasteiger partial charge in [-0.15, -0.1) is 11.3 Å². The van der Waals surface area contributed by atoms with Crippen LogP contribution in [0.15, 0.2) is 59.0 Å². The van der Waals surface area contributed by atoms with Crippen molar-refractivity contribution in [1.82, 2.24) is 5.43 Å². The van der Waals surface area contributed by atoms with Crippen LogP contribution in [0.5, 0.6) is 23.0 Å². The molecule has 3 rings (SSSR count). The number of rotatable bonds is 9. The monoisotopic (exact) mass is 454 g/mol. The largest absolute Gasteiger partial charge is 0.493 e. The van der Waals surface area contributed by atoms with E-state index in [4.69, 9.17) is 18.9 Å². The molecule has 9 heteroatoms. The molecule has 0 spiro atoms. The van der Waals surface area contributed by atoms with Crippen molar-refractivity contribution in [2.24, 2.45) is 5.10 Å². The summed E-state index contributed by atoms with van der Waals surface area (Å²) in [6, 6.07) is 13.6. The van der Waals surface area contributed by atoms with E-state index in [2.05, 4.69) is 10.5 Å². The molecule has 0 fully saturated rings. The number of hydrazone groups is 1. The number of amides is 1. The van der Waals surface area contributed by atoms with E-state index in [1.54, 1.807) is 24.3 Å². The van der Waals surface area contributed by atoms with E-state index < -0.39 is 5.97 Å². The second-order valence-electron chi connectivity index (χ2n) is 6.43. The molecule has 0 atom stereocenters. The number of carbonyl (C=O) groups is 2. The quantitative estimate of drug-likeness (QED) is 0.229. The van der Waals surface area contributed by atoms with Gasteiger partial charge in [0.05, 0.1) is 39.5 Å². The van der Waals surface area contributed by atoms with Crippen LogP contribution in [0.3, 0.4) is 0 Å². The molecule has 1 aromatic heterocycles. The van der Waals surface area contributed by atoms with Gasteiger partial charge in [-0.2, -0.15) is 5.10 Å². The molecule has 3 aromatic rings. The summed E-state index contributed by atoms with van der Waals surface area (Å²) in [6.07, 6.45) is 1.74. The van der Waals surface area contributed by atoms with E-state index in [1.807, 2.05) is 17.5 Å². The van der Waals surface area contributed by atoms with Crippen molar-refractivity contribution in [2.75, 3.05) is 21.3 Å². The molecular formula is C23H22N2O6S. The first-order chi connectivity index (χ1) is 15.5. The van der Waals surface area contributed by atoms with Gasteiger partial charge in [-0.25, -0.2) is 10.2 Å². The first-order valence-corrected chi connectivity index (χ1v) is 10.4. The Kier molecular flexibility index (Phi) is 7.82. The maximum atomic E-state index is 12.7. The zero-order valence-electron chi connectivity index (χ0n) is 17.8. The van der Waals surface area contributed by atoms with Crippen LogP contribution in [0.2, 0.25) is 0 Å². The smallest absolute Gasteiger partial charge is 0.343 e. The lowest BCUT2D eigenvalue weighted by Gasteiger charge is -2.13. The Balaban J connectivity index is 1.66. The summed E-state index contributed by atoms with van der Waals surface area (Å²) in [5.41, 5.74) is 3.37. The van der Waals surface area contributed by atoms with Crippen LogP contribution in [-0.2, 0) is 11.2 Å². The molecular weight excluding hydrogens is 432 g/mol. The lowest BCUT2D eigenvalue weighted by Crippen LogP contribution is -2.19. The summed E-state index contributed by atoms with van der Waals surface area (Å²) >= 11 is 1.51. The lowest BCUT2D eigenvalue weighted by molar-refractivity contribution is -0.120. The predicted octanol–water partition coefficient (Wildman–Crippen LogP) is 3.69. The van der Waals surface area contributed by atoms with Crippen LogP contribution in [0.25, 0.3) is 0 Å². The first-order valence-electron chi connectivity index (χ1n) is 9.50. The molecule has 1 N–H and O–H groups in total. The highest BCUT2D eigenvalue weighted by Crippen LogP contribution is 2.38. The minimum absolute atomic E-state index is 0.214. The molecule has 1 amide bonds. The molecule has 1 heterocycles. The number of nitrogens with zero attached hydrogens (tertiary/aromatic N) is 1. The fourth-order valence-corrected chi connectivity index (χ4v) is 3.52. The summed E-state index contributed by atoms with van der Waals surface area (Å²) in [5, 5.41) is 5.87. The maximum absolute atomic E-state index is 12.7. The molecule has 0 aliphatic rings. The van der Waals surface area contributed by atoms with Gasteiger partial charge in [0.25, 0.3) is 0 Å². The van der Waals surface area contributed by atoms with Gasteiger partial charge in [0.1, 0.15) is 5.75 Å². The molecule has 0 unspecified atom stereocenters. The Morgan fingerprint density at radius 1 is 1.00 bits per heavy atom. The van der Waals surface area contributed by atoms with E-state index in [9.17, 15) is 9.59 Å². The van der Waals surface area contributed by atoms with Crippen LogP contribution >= 0.6 is 11.3 Å². The van der Waals surface area contributed by atoms with Crippen molar-refractivity contribution in [2.45, 2.75) is 6.42 Å². The highest BCUT2D eigenvalue weighted by molar-refractivity contribution is 7.10. The van der Waals surface area contributed by atoms with Crippen molar-refractivity contribution in [3.63, 3.8) is 0 Å². The van der Waals surface area contributed by atoms with Gasteiger partial charge >= 0.3 is 5.97 Å². The predicted molar refractivity (Wildman–Crippen MR) is 121 cm³/mol. The van der Waals surface area contributed by atoms with Gasteiger partial charge in [-0.1, -0.05) is 18.2 Å². The number of hydrogen-bond donors (Lipinski definition) is 1. The third-order valence-electron chi connectivity index (χ3n) is 4.29. The number of hydrogen-bond acceptors (Lipinski definition) is 8. The topological polar surface area (TPSA) is 95.5 Å². The lowest BCUT2D eigenvalue weighted by atomic mass is 10.1. The third-order valence-corrected chi connectivity index (χ3v) is 5.16. The van der Waals surface area contributed by atoms with Crippen molar-refractivity contribution < 1.29 is 28.5 Å². The molecule has 0 aliphatic heterocycles. The zero-order chi connectivity index (χ0) is 22.9. The average Bonchev–Trinajstić information content (AvgIpc) is 3.31. The Labute approximate surface area is 189 Å². The fraction of sp³-hybridized carbons (Fsp3) is 0.174. The summed E-state index contributed by atoms with van der Waals surface area (Å²) in [5.74, 6) is 0.579. The summed E-state index contributed by atoms with van der Waals surface area (Å²) in [7, 11) is 4.42. The average molecular weight is 455 g/mol. The standard InChI is InChI=1S/C23H22N2O6S/c1-28-19-11-16(12-20(29-2)22(19)30-3)23(27)31-17-7-4-6-15(10-17)14-24-25-21(26)13-18-8-5-9-32-18/h4-12,14H,13H2,1-3H3,(H,25,26)/b24-14+. The molecule has 0 radical (unpaired) electrons. The Hall–Kier alpha value is -3.85. The fourth-order valence-electron chi connectivity index (χ4n) is 2.81. The van der Waals surface area contributed by atoms with Gasteiger partial charge in [-0.3, -0.25) is 4.79 Å². The molecule has 0 saturated heterocycles. The minimum atomic E-state index is -0.595. The molecule has 0 saturated carbocycles. The van der Waals surface area contributed by atoms with E-state index in [-0.39, 0.29) is 17.9 Å². The van der Waals surface area contributed by atoms with Crippen LogP contribution in [-0.4, -0.2) is 39.4 Å². The molecule has 166 valence electrons. The minimum Gasteiger partial charge on any atom is -0.493 e. The van der Waals surface area contributed by atoms with Gasteiger partial charge < -0.3 is 18.9 Å². The highest BCUT2D eigenvalue weighted by atomic mass is 32.1. The molecule has 8 nitrogen and oxygen atoms in total. The van der Waals surface area contributed by atoms with Crippen LogP contribution in [0, 0.1) is 0 Å². The van der Waals surface area contributed by atoms with Crippen LogP contribution < -0.4 is 24.4 Å². The van der Waals surface area contributed by atoms with Crippen LogP contribution in [0.4, 0.5) is 0 Å². The number of benzene rings is 2. The number of thiophene rings is 1. The van der Waals surface area contributed by atoms with Crippen molar-refractivity contribution in [1.29, 1.82) is 0 Å². The third kappa shape index (κ3) is 5.86. The second-order valence-corrected chi connectivity index (χ2v) is 7.46. The van der Waals surface area contributed by atoms with Crippen molar-refractivity contribution in [3.8, 4) is 23.0 Å². The zero-order valence-corrected chi connectivity index (χ0v) is 18.6. The van der Waals surface area contributed by atoms with E-state index in [0.717, 1.165) is 4.88 Å². The van der Waals surface area contributed by atoms with Crippen LogP contribution in [0.1, 0.15) is 20.8 Å². The Bertz CT molecular complexity index is 1090. The van der Waals surface area contributed by atoms with Gasteiger partial charge in [0.2, 0.25) is 11.7 Å². The summed E-state index contributed by atoms with van der Waals surface area (Å²) in [6.45, 7) is 0. The highest BCUT2D eigenvalue weighted by Gasteiger charge is 2.18. The van der Waals surface area contributed by atoms with Gasteiger partial charge in [-0.05, 0) is 41.3 Å². The first kappa shape index (κ1) is 22.8. The van der Waals surface area contributed by atoms with E-state index in [0.29, 0.717) is 28.6 Å². The number of ether oxygens (including phenoxy) is 4. The van der Waals surface area contributed by atoms with Crippen molar-refractivity contribution >= 4 is 29.4 Å². The second kappa shape index (κ2) is 11.0. The normalized spacial score (nSPS) is 10.6. The molecule has 2 aromatic carbocycles. The van der Waals surface area contributed by atoms with Gasteiger partial charge in [0, 0.05) is 4.88 Å². The molecule has 32 heavy (non-hydrogen) atoms. The van der Waals surface area contributed by atoms with Gasteiger partial charge in [0.15, 0.2) is 11.5 Å². The molecule has 0 bridgehead atoms. The maximum Gasteiger partial charge on any atom is 0.343 e. The van der Waals surface area contributed by atoms with Crippen molar-refractivity contribution in [3.05, 3.63) is 69.9 Å². The summed E-state index contributed by atoms with van der Waals surface area (Å²) in [4.78, 5) is 25.5. The Morgan fingerprint density at radius 2 is 1.75 bits per heavy atom.